The predicted molar refractivity (Wildman–Crippen MR) is 91.1 cm³/mol. The van der Waals surface area contributed by atoms with Gasteiger partial charge in [-0.2, -0.15) is 10.5 Å². The van der Waals surface area contributed by atoms with Crippen LogP contribution in [0.1, 0.15) is 42.2 Å². The number of hydrogen-bond acceptors (Lipinski definition) is 4. The zero-order valence-corrected chi connectivity index (χ0v) is 14.5. The zero-order chi connectivity index (χ0) is 17.3. The van der Waals surface area contributed by atoms with Crippen LogP contribution in [0, 0.1) is 46.3 Å². The van der Waals surface area contributed by atoms with Crippen molar-refractivity contribution in [3.05, 3.63) is 34.4 Å². The fourth-order valence-corrected chi connectivity index (χ4v) is 6.83. The number of nitriles is 2. The number of fused-ring (bicyclic) bond motifs is 12. The number of methoxy groups -OCH3 is 2. The van der Waals surface area contributed by atoms with Gasteiger partial charge in [-0.25, -0.2) is 0 Å². The standard InChI is InChI=1S/C21H20N2O2/c1-24-15-5-6-16(25-2)21-14-7-13(20(15)21)18-11-3-4-12(19(14)18)17(11)10(8-22)9-23/h5-6,11-14,18-19H,3-4,7H2,1-2H3. The van der Waals surface area contributed by atoms with Gasteiger partial charge in [-0.3, -0.25) is 0 Å². The molecule has 3 fully saturated rings. The van der Waals surface area contributed by atoms with E-state index in [4.69, 9.17) is 9.47 Å². The van der Waals surface area contributed by atoms with E-state index in [9.17, 15) is 10.5 Å². The molecule has 4 heteroatoms. The molecule has 25 heavy (non-hydrogen) atoms. The zero-order valence-electron chi connectivity index (χ0n) is 14.5. The fraction of sp³-hybridized carbons (Fsp3) is 0.524. The maximum Gasteiger partial charge on any atom is 0.129 e. The fourth-order valence-electron chi connectivity index (χ4n) is 6.83. The van der Waals surface area contributed by atoms with Gasteiger partial charge in [0.1, 0.15) is 29.2 Å². The van der Waals surface area contributed by atoms with Crippen molar-refractivity contribution in [2.75, 3.05) is 14.2 Å². The molecular weight excluding hydrogens is 312 g/mol. The van der Waals surface area contributed by atoms with E-state index in [1.807, 2.05) is 12.1 Å². The number of allylic oxidation sites excluding steroid dienone is 2. The highest BCUT2D eigenvalue weighted by Crippen LogP contribution is 2.75. The molecule has 4 aliphatic carbocycles. The molecule has 5 rings (SSSR count). The van der Waals surface area contributed by atoms with Gasteiger partial charge in [-0.15, -0.1) is 0 Å². The molecule has 3 saturated carbocycles. The first-order chi connectivity index (χ1) is 12.2. The molecular formula is C21H20N2O2. The molecule has 6 unspecified atom stereocenters. The summed E-state index contributed by atoms with van der Waals surface area (Å²) < 4.78 is 11.4. The summed E-state index contributed by atoms with van der Waals surface area (Å²) in [5, 5.41) is 18.9. The molecule has 0 amide bonds. The van der Waals surface area contributed by atoms with Crippen LogP contribution in [-0.4, -0.2) is 14.2 Å². The van der Waals surface area contributed by atoms with Gasteiger partial charge in [-0.05, 0) is 72.5 Å². The molecule has 0 aliphatic heterocycles. The molecule has 0 saturated heterocycles. The van der Waals surface area contributed by atoms with Crippen LogP contribution in [0.25, 0.3) is 0 Å². The van der Waals surface area contributed by atoms with Gasteiger partial charge in [0.2, 0.25) is 0 Å². The molecule has 1 aromatic rings. The topological polar surface area (TPSA) is 66.0 Å². The first kappa shape index (κ1) is 14.8. The number of benzene rings is 1. The lowest BCUT2D eigenvalue weighted by molar-refractivity contribution is 0.213. The summed E-state index contributed by atoms with van der Waals surface area (Å²) >= 11 is 0. The van der Waals surface area contributed by atoms with E-state index < -0.39 is 0 Å². The molecule has 0 aromatic heterocycles. The van der Waals surface area contributed by atoms with Crippen LogP contribution in [0.5, 0.6) is 11.5 Å². The summed E-state index contributed by atoms with van der Waals surface area (Å²) in [5.74, 6) is 4.81. The molecule has 4 nitrogen and oxygen atoms in total. The third-order valence-corrected chi connectivity index (χ3v) is 7.30. The van der Waals surface area contributed by atoms with Crippen LogP contribution in [0.2, 0.25) is 0 Å². The molecule has 0 spiro atoms. The summed E-state index contributed by atoms with van der Waals surface area (Å²) in [7, 11) is 3.47. The first-order valence-electron chi connectivity index (χ1n) is 9.04. The highest BCUT2D eigenvalue weighted by atomic mass is 16.5. The summed E-state index contributed by atoms with van der Waals surface area (Å²) in [6.45, 7) is 0. The third kappa shape index (κ3) is 1.61. The molecule has 4 bridgehead atoms. The normalized spacial score (nSPS) is 35.8. The molecule has 1 aromatic carbocycles. The smallest absolute Gasteiger partial charge is 0.129 e. The highest BCUT2D eigenvalue weighted by molar-refractivity contribution is 5.60. The maximum atomic E-state index is 9.43. The summed E-state index contributed by atoms with van der Waals surface area (Å²) in [4.78, 5) is 0. The molecule has 0 N–H and O–H groups in total. The van der Waals surface area contributed by atoms with E-state index in [0.29, 0.717) is 41.1 Å². The van der Waals surface area contributed by atoms with Crippen molar-refractivity contribution in [1.82, 2.24) is 0 Å². The van der Waals surface area contributed by atoms with E-state index in [1.54, 1.807) is 14.2 Å². The van der Waals surface area contributed by atoms with E-state index in [1.165, 1.54) is 16.7 Å². The average Bonchev–Trinajstić information content (AvgIpc) is 3.39. The number of rotatable bonds is 2. The Bertz CT molecular complexity index is 819. The van der Waals surface area contributed by atoms with Crippen molar-refractivity contribution in [3.63, 3.8) is 0 Å². The number of nitrogens with zero attached hydrogens (tertiary/aromatic N) is 2. The highest BCUT2D eigenvalue weighted by Gasteiger charge is 2.65. The van der Waals surface area contributed by atoms with Gasteiger partial charge in [0.15, 0.2) is 0 Å². The third-order valence-electron chi connectivity index (χ3n) is 7.30. The minimum absolute atomic E-state index is 0.379. The van der Waals surface area contributed by atoms with E-state index in [-0.39, 0.29) is 0 Å². The predicted octanol–water partition coefficient (Wildman–Crippen LogP) is 3.90. The molecule has 126 valence electrons. The average molecular weight is 332 g/mol. The van der Waals surface area contributed by atoms with Crippen LogP contribution in [-0.2, 0) is 0 Å². The Morgan fingerprint density at radius 1 is 0.880 bits per heavy atom. The van der Waals surface area contributed by atoms with Gasteiger partial charge in [-0.1, -0.05) is 0 Å². The van der Waals surface area contributed by atoms with E-state index in [0.717, 1.165) is 30.8 Å². The minimum Gasteiger partial charge on any atom is -0.496 e. The second-order valence-corrected chi connectivity index (χ2v) is 7.75. The molecule has 0 heterocycles. The summed E-state index contributed by atoms with van der Waals surface area (Å²) in [6.07, 6.45) is 3.41. The first-order valence-corrected chi connectivity index (χ1v) is 9.04. The quantitative estimate of drug-likeness (QED) is 0.608. The van der Waals surface area contributed by atoms with Crippen LogP contribution >= 0.6 is 0 Å². The minimum atomic E-state index is 0.379. The van der Waals surface area contributed by atoms with Gasteiger partial charge in [0.25, 0.3) is 0 Å². The van der Waals surface area contributed by atoms with Gasteiger partial charge in [0, 0.05) is 11.1 Å². The van der Waals surface area contributed by atoms with Crippen molar-refractivity contribution < 1.29 is 9.47 Å². The number of hydrogen-bond donors (Lipinski definition) is 0. The Hall–Kier alpha value is -2.46. The van der Waals surface area contributed by atoms with E-state index >= 15 is 0 Å². The Morgan fingerprint density at radius 3 is 1.76 bits per heavy atom. The Labute approximate surface area is 147 Å². The van der Waals surface area contributed by atoms with Crippen molar-refractivity contribution >= 4 is 0 Å². The Kier molecular flexibility index (Phi) is 2.98. The monoisotopic (exact) mass is 332 g/mol. The maximum absolute atomic E-state index is 9.43. The number of ether oxygens (including phenoxy) is 2. The van der Waals surface area contributed by atoms with Crippen LogP contribution < -0.4 is 9.47 Å². The Balaban J connectivity index is 1.69. The van der Waals surface area contributed by atoms with Crippen molar-refractivity contribution in [2.45, 2.75) is 31.1 Å². The lowest BCUT2D eigenvalue weighted by Gasteiger charge is -2.36. The van der Waals surface area contributed by atoms with Crippen molar-refractivity contribution in [2.24, 2.45) is 23.7 Å². The van der Waals surface area contributed by atoms with Gasteiger partial charge >= 0.3 is 0 Å². The van der Waals surface area contributed by atoms with Crippen LogP contribution in [0.15, 0.2) is 23.3 Å². The second kappa shape index (κ2) is 5.02. The van der Waals surface area contributed by atoms with E-state index in [2.05, 4.69) is 12.1 Å². The van der Waals surface area contributed by atoms with Crippen LogP contribution in [0.4, 0.5) is 0 Å². The lowest BCUT2D eigenvalue weighted by Crippen LogP contribution is -2.27. The summed E-state index contributed by atoms with van der Waals surface area (Å²) in [6, 6.07) is 8.38. The van der Waals surface area contributed by atoms with Gasteiger partial charge < -0.3 is 9.47 Å². The molecule has 6 atom stereocenters. The van der Waals surface area contributed by atoms with Crippen molar-refractivity contribution in [1.29, 1.82) is 10.5 Å². The lowest BCUT2D eigenvalue weighted by atomic mass is 9.68. The SMILES string of the molecule is COc1ccc(OC)c2c1C1CC2C2C3CCC(C3=C(C#N)C#N)C12. The van der Waals surface area contributed by atoms with Crippen molar-refractivity contribution in [3.8, 4) is 23.6 Å². The molecule has 4 aliphatic rings. The second-order valence-electron chi connectivity index (χ2n) is 7.75. The summed E-state index contributed by atoms with van der Waals surface area (Å²) in [5.41, 5.74) is 4.20. The Morgan fingerprint density at radius 2 is 1.36 bits per heavy atom. The largest absolute Gasteiger partial charge is 0.496 e. The van der Waals surface area contributed by atoms with Crippen LogP contribution in [0.3, 0.4) is 0 Å². The molecule has 0 radical (unpaired) electrons. The van der Waals surface area contributed by atoms with Gasteiger partial charge in [0.05, 0.1) is 14.2 Å².